The Labute approximate surface area is 111 Å². The Hall–Kier alpha value is -2.36. The molecule has 1 aromatic heterocycles. The molecule has 3 rings (SSSR count). The lowest BCUT2D eigenvalue weighted by atomic mass is 10.1. The third-order valence-electron chi connectivity index (χ3n) is 3.26. The average molecular weight is 254 g/mol. The molecule has 96 valence electrons. The summed E-state index contributed by atoms with van der Waals surface area (Å²) in [5.74, 6) is 0.685. The number of rotatable bonds is 1. The van der Waals surface area contributed by atoms with Crippen molar-refractivity contribution in [1.29, 1.82) is 0 Å². The highest BCUT2D eigenvalue weighted by Crippen LogP contribution is 2.39. The number of pyridine rings is 1. The van der Waals surface area contributed by atoms with Gasteiger partial charge in [-0.3, -0.25) is 9.78 Å². The molecule has 0 bridgehead atoms. The van der Waals surface area contributed by atoms with E-state index in [0.29, 0.717) is 0 Å². The van der Waals surface area contributed by atoms with Gasteiger partial charge in [0.1, 0.15) is 0 Å². The van der Waals surface area contributed by atoms with Crippen LogP contribution in [0.1, 0.15) is 5.56 Å². The van der Waals surface area contributed by atoms with Crippen LogP contribution in [0.3, 0.4) is 0 Å². The van der Waals surface area contributed by atoms with Crippen molar-refractivity contribution in [2.45, 2.75) is 6.92 Å². The number of anilines is 1. The van der Waals surface area contributed by atoms with E-state index in [1.54, 1.807) is 18.1 Å². The first-order valence-corrected chi connectivity index (χ1v) is 6.12. The van der Waals surface area contributed by atoms with Crippen molar-refractivity contribution in [3.63, 3.8) is 0 Å². The van der Waals surface area contributed by atoms with Crippen molar-refractivity contribution in [3.05, 3.63) is 42.1 Å². The van der Waals surface area contributed by atoms with Gasteiger partial charge in [0.15, 0.2) is 12.4 Å². The molecule has 2 aromatic rings. The molecule has 0 saturated heterocycles. The largest absolute Gasteiger partial charge is 0.481 e. The summed E-state index contributed by atoms with van der Waals surface area (Å²) in [6.45, 7) is 2.10. The van der Waals surface area contributed by atoms with Gasteiger partial charge in [-0.2, -0.15) is 0 Å². The molecule has 19 heavy (non-hydrogen) atoms. The Balaban J connectivity index is 2.17. The number of para-hydroxylation sites is 1. The van der Waals surface area contributed by atoms with Crippen LogP contribution < -0.4 is 9.64 Å². The molecule has 1 aliphatic heterocycles. The molecule has 0 unspecified atom stereocenters. The van der Waals surface area contributed by atoms with Crippen LogP contribution in [0.4, 0.5) is 5.69 Å². The van der Waals surface area contributed by atoms with E-state index in [-0.39, 0.29) is 12.5 Å². The summed E-state index contributed by atoms with van der Waals surface area (Å²) in [5.41, 5.74) is 3.71. The van der Waals surface area contributed by atoms with E-state index >= 15 is 0 Å². The van der Waals surface area contributed by atoms with Crippen molar-refractivity contribution < 1.29 is 9.53 Å². The van der Waals surface area contributed by atoms with E-state index in [1.807, 2.05) is 37.3 Å². The number of nitrogens with zero attached hydrogens (tertiary/aromatic N) is 2. The molecular formula is C15H14N2O2. The number of amides is 1. The van der Waals surface area contributed by atoms with E-state index in [4.69, 9.17) is 4.74 Å². The normalized spacial score (nSPS) is 14.0. The average Bonchev–Trinajstić information content (AvgIpc) is 2.42. The van der Waals surface area contributed by atoms with Gasteiger partial charge in [0.05, 0.1) is 11.4 Å². The minimum absolute atomic E-state index is 0.0400. The summed E-state index contributed by atoms with van der Waals surface area (Å²) >= 11 is 0. The molecule has 1 amide bonds. The molecule has 4 heteroatoms. The van der Waals surface area contributed by atoms with Gasteiger partial charge in [-0.1, -0.05) is 6.07 Å². The topological polar surface area (TPSA) is 42.4 Å². The molecule has 0 saturated carbocycles. The van der Waals surface area contributed by atoms with Crippen molar-refractivity contribution in [3.8, 4) is 17.0 Å². The molecule has 0 atom stereocenters. The fourth-order valence-electron chi connectivity index (χ4n) is 2.19. The number of aromatic nitrogens is 1. The van der Waals surface area contributed by atoms with E-state index < -0.39 is 0 Å². The Morgan fingerprint density at radius 2 is 2.16 bits per heavy atom. The predicted octanol–water partition coefficient (Wildman–Crippen LogP) is 2.41. The van der Waals surface area contributed by atoms with Crippen molar-refractivity contribution in [1.82, 2.24) is 4.98 Å². The number of aryl methyl sites for hydroxylation is 1. The van der Waals surface area contributed by atoms with Gasteiger partial charge in [0.25, 0.3) is 5.91 Å². The summed E-state index contributed by atoms with van der Waals surface area (Å²) in [6, 6.07) is 9.72. The van der Waals surface area contributed by atoms with E-state index in [0.717, 1.165) is 28.3 Å². The molecule has 0 aliphatic carbocycles. The zero-order valence-corrected chi connectivity index (χ0v) is 10.9. The second-order valence-electron chi connectivity index (χ2n) is 4.61. The van der Waals surface area contributed by atoms with E-state index in [9.17, 15) is 4.79 Å². The molecule has 0 N–H and O–H groups in total. The van der Waals surface area contributed by atoms with Gasteiger partial charge in [0.2, 0.25) is 0 Å². The number of fused-ring (bicyclic) bond motifs is 1. The van der Waals surface area contributed by atoms with Gasteiger partial charge in [0, 0.05) is 18.8 Å². The highest BCUT2D eigenvalue weighted by atomic mass is 16.5. The third-order valence-corrected chi connectivity index (χ3v) is 3.26. The smallest absolute Gasteiger partial charge is 0.264 e. The lowest BCUT2D eigenvalue weighted by Crippen LogP contribution is -2.35. The van der Waals surface area contributed by atoms with Gasteiger partial charge >= 0.3 is 0 Å². The van der Waals surface area contributed by atoms with Crippen LogP contribution in [0.5, 0.6) is 5.75 Å². The number of hydrogen-bond donors (Lipinski definition) is 0. The number of carbonyl (C=O) groups excluding carboxylic acids is 1. The quantitative estimate of drug-likeness (QED) is 0.784. The summed E-state index contributed by atoms with van der Waals surface area (Å²) in [6.07, 6.45) is 1.78. The summed E-state index contributed by atoms with van der Waals surface area (Å²) in [5, 5.41) is 0. The molecule has 2 heterocycles. The minimum Gasteiger partial charge on any atom is -0.481 e. The SMILES string of the molecule is Cc1ccnc(-c2cccc3c2OCC(=O)N3C)c1. The van der Waals surface area contributed by atoms with Gasteiger partial charge in [-0.05, 0) is 36.8 Å². The number of hydrogen-bond acceptors (Lipinski definition) is 3. The first-order valence-electron chi connectivity index (χ1n) is 6.12. The molecule has 1 aromatic carbocycles. The zero-order valence-electron chi connectivity index (χ0n) is 10.9. The van der Waals surface area contributed by atoms with Crippen LogP contribution >= 0.6 is 0 Å². The minimum atomic E-state index is -0.0400. The van der Waals surface area contributed by atoms with Crippen LogP contribution in [-0.2, 0) is 4.79 Å². The van der Waals surface area contributed by atoms with Crippen LogP contribution in [0, 0.1) is 6.92 Å². The van der Waals surface area contributed by atoms with E-state index in [2.05, 4.69) is 4.98 Å². The fraction of sp³-hybridized carbons (Fsp3) is 0.200. The van der Waals surface area contributed by atoms with Gasteiger partial charge < -0.3 is 9.64 Å². The van der Waals surface area contributed by atoms with Gasteiger partial charge in [-0.25, -0.2) is 0 Å². The van der Waals surface area contributed by atoms with Crippen molar-refractivity contribution in [2.75, 3.05) is 18.6 Å². The summed E-state index contributed by atoms with van der Waals surface area (Å²) < 4.78 is 5.60. The second kappa shape index (κ2) is 4.39. The first kappa shape index (κ1) is 11.7. The van der Waals surface area contributed by atoms with Crippen LogP contribution in [-0.4, -0.2) is 24.5 Å². The number of carbonyl (C=O) groups is 1. The first-order chi connectivity index (χ1) is 9.16. The Bertz CT molecular complexity index is 652. The molecule has 0 spiro atoms. The van der Waals surface area contributed by atoms with E-state index in [1.165, 1.54) is 0 Å². The maximum Gasteiger partial charge on any atom is 0.264 e. The monoisotopic (exact) mass is 254 g/mol. The second-order valence-corrected chi connectivity index (χ2v) is 4.61. The van der Waals surface area contributed by atoms with Crippen LogP contribution in [0.25, 0.3) is 11.3 Å². The predicted molar refractivity (Wildman–Crippen MR) is 73.3 cm³/mol. The highest BCUT2D eigenvalue weighted by Gasteiger charge is 2.25. The number of benzene rings is 1. The number of likely N-dealkylation sites (N-methyl/N-ethyl adjacent to an activating group) is 1. The molecule has 1 aliphatic rings. The maximum absolute atomic E-state index is 11.6. The Morgan fingerprint density at radius 1 is 1.32 bits per heavy atom. The number of ether oxygens (including phenoxy) is 1. The Morgan fingerprint density at radius 3 is 2.95 bits per heavy atom. The molecule has 0 fully saturated rings. The summed E-state index contributed by atoms with van der Waals surface area (Å²) in [7, 11) is 1.76. The zero-order chi connectivity index (χ0) is 13.4. The standard InChI is InChI=1S/C15H14N2O2/c1-10-6-7-16-12(8-10)11-4-3-5-13-15(11)19-9-14(18)17(13)2/h3-8H,9H2,1-2H3. The molecular weight excluding hydrogens is 240 g/mol. The van der Waals surface area contributed by atoms with Gasteiger partial charge in [-0.15, -0.1) is 0 Å². The fourth-order valence-corrected chi connectivity index (χ4v) is 2.19. The van der Waals surface area contributed by atoms with Crippen molar-refractivity contribution >= 4 is 11.6 Å². The third kappa shape index (κ3) is 1.95. The highest BCUT2D eigenvalue weighted by molar-refractivity contribution is 5.99. The lowest BCUT2D eigenvalue weighted by molar-refractivity contribution is -0.120. The maximum atomic E-state index is 11.6. The Kier molecular flexibility index (Phi) is 2.71. The summed E-state index contributed by atoms with van der Waals surface area (Å²) in [4.78, 5) is 17.6. The van der Waals surface area contributed by atoms with Crippen LogP contribution in [0.15, 0.2) is 36.5 Å². The molecule has 4 nitrogen and oxygen atoms in total. The lowest BCUT2D eigenvalue weighted by Gasteiger charge is -2.27. The van der Waals surface area contributed by atoms with Crippen molar-refractivity contribution in [2.24, 2.45) is 0 Å². The van der Waals surface area contributed by atoms with Crippen LogP contribution in [0.2, 0.25) is 0 Å². The molecule has 0 radical (unpaired) electrons.